The Morgan fingerprint density at radius 3 is 2.29 bits per heavy atom. The molecule has 1 heterocycles. The highest BCUT2D eigenvalue weighted by Gasteiger charge is 2.30. The number of alkyl carbamates (subject to hydrolysis) is 1. The summed E-state index contributed by atoms with van der Waals surface area (Å²) in [5.41, 5.74) is 4.43. The molecule has 0 spiro atoms. The zero-order chi connectivity index (χ0) is 19.5. The average Bonchev–Trinajstić information content (AvgIpc) is 3.32. The molecule has 4 rings (SSSR count). The predicted octanol–water partition coefficient (Wildman–Crippen LogP) is 3.21. The van der Waals surface area contributed by atoms with E-state index in [1.807, 2.05) is 48.5 Å². The van der Waals surface area contributed by atoms with Crippen LogP contribution in [0.15, 0.2) is 65.3 Å². The van der Waals surface area contributed by atoms with Gasteiger partial charge >= 0.3 is 12.1 Å². The van der Waals surface area contributed by atoms with Gasteiger partial charge in [0.25, 0.3) is 0 Å². The number of nitrogens with zero attached hydrogens (tertiary/aromatic N) is 1. The number of carbonyl (C=O) groups excluding carboxylic acids is 1. The summed E-state index contributed by atoms with van der Waals surface area (Å²) in [4.78, 5) is 23.6. The van der Waals surface area contributed by atoms with Crippen molar-refractivity contribution in [1.29, 1.82) is 0 Å². The molecule has 0 saturated carbocycles. The number of hydrogen-bond acceptors (Lipinski definition) is 5. The third-order valence-electron chi connectivity index (χ3n) is 4.83. The molecular weight excluding hydrogens is 360 g/mol. The van der Waals surface area contributed by atoms with Crippen molar-refractivity contribution in [2.75, 3.05) is 6.61 Å². The van der Waals surface area contributed by atoms with E-state index < -0.39 is 18.1 Å². The summed E-state index contributed by atoms with van der Waals surface area (Å²) in [7, 11) is 0. The number of carboxylic acids is 1. The zero-order valence-electron chi connectivity index (χ0n) is 14.9. The molecular formula is C21H18N2O5. The minimum absolute atomic E-state index is 0.0144. The highest BCUT2D eigenvalue weighted by atomic mass is 16.5. The van der Waals surface area contributed by atoms with Crippen molar-refractivity contribution in [3.05, 3.63) is 77.7 Å². The number of hydrogen-bond donors (Lipinski definition) is 2. The summed E-state index contributed by atoms with van der Waals surface area (Å²) in [6, 6.07) is 16.4. The van der Waals surface area contributed by atoms with Crippen LogP contribution >= 0.6 is 0 Å². The topological polar surface area (TPSA) is 102 Å². The van der Waals surface area contributed by atoms with Gasteiger partial charge in [0.1, 0.15) is 18.4 Å². The van der Waals surface area contributed by atoms with Gasteiger partial charge in [-0.1, -0.05) is 53.7 Å². The van der Waals surface area contributed by atoms with Crippen molar-refractivity contribution in [2.45, 2.75) is 18.4 Å². The molecule has 142 valence electrons. The molecule has 0 radical (unpaired) electrons. The maximum absolute atomic E-state index is 12.2. The fourth-order valence-electron chi connectivity index (χ4n) is 3.53. The summed E-state index contributed by atoms with van der Waals surface area (Å²) in [6.07, 6.45) is 0.620. The van der Waals surface area contributed by atoms with E-state index in [1.165, 1.54) is 6.20 Å². The number of aromatic nitrogens is 1. The average molecular weight is 378 g/mol. The lowest BCUT2D eigenvalue weighted by Gasteiger charge is -2.17. The van der Waals surface area contributed by atoms with Gasteiger partial charge in [0.15, 0.2) is 0 Å². The van der Waals surface area contributed by atoms with Gasteiger partial charge in [-0.3, -0.25) is 0 Å². The Balaban J connectivity index is 1.44. The molecule has 1 aliphatic rings. The van der Waals surface area contributed by atoms with Gasteiger partial charge < -0.3 is 19.7 Å². The number of nitrogens with one attached hydrogen (secondary N) is 1. The molecule has 2 aromatic carbocycles. The molecule has 28 heavy (non-hydrogen) atoms. The molecule has 0 saturated heterocycles. The second-order valence-electron chi connectivity index (χ2n) is 6.54. The minimum atomic E-state index is -1.18. The second kappa shape index (κ2) is 7.56. The number of fused-ring (bicyclic) bond motifs is 3. The van der Waals surface area contributed by atoms with Gasteiger partial charge in [0.2, 0.25) is 0 Å². The normalized spacial score (nSPS) is 13.4. The maximum Gasteiger partial charge on any atom is 0.407 e. The van der Waals surface area contributed by atoms with Gasteiger partial charge in [-0.2, -0.15) is 0 Å². The predicted molar refractivity (Wildman–Crippen MR) is 99.8 cm³/mol. The van der Waals surface area contributed by atoms with Gasteiger partial charge in [0.05, 0.1) is 6.20 Å². The summed E-state index contributed by atoms with van der Waals surface area (Å²) < 4.78 is 10.3. The molecule has 1 unspecified atom stereocenters. The molecule has 0 fully saturated rings. The van der Waals surface area contributed by atoms with Crippen LogP contribution in [-0.4, -0.2) is 35.0 Å². The van der Waals surface area contributed by atoms with E-state index in [4.69, 9.17) is 9.26 Å². The van der Waals surface area contributed by atoms with E-state index in [9.17, 15) is 14.7 Å². The standard InChI is InChI=1S/C21H18N2O5/c24-20(25)19(11-13-9-10-22-28-13)23-21(26)27-12-18-16-7-3-1-5-14(16)15-6-2-4-8-17(15)18/h1-10,18-19H,11-12H2,(H,23,26)(H,24,25). The van der Waals surface area contributed by atoms with E-state index in [0.29, 0.717) is 5.76 Å². The second-order valence-corrected chi connectivity index (χ2v) is 6.54. The molecule has 1 aliphatic carbocycles. The van der Waals surface area contributed by atoms with E-state index in [2.05, 4.69) is 10.5 Å². The van der Waals surface area contributed by atoms with Crippen LogP contribution in [0.2, 0.25) is 0 Å². The van der Waals surface area contributed by atoms with Gasteiger partial charge in [-0.15, -0.1) is 0 Å². The first-order chi connectivity index (χ1) is 13.6. The summed E-state index contributed by atoms with van der Waals surface area (Å²) in [5, 5.41) is 15.2. The molecule has 3 aromatic rings. The molecule has 1 atom stereocenters. The number of ether oxygens (including phenoxy) is 1. The molecule has 0 bridgehead atoms. The molecule has 1 aromatic heterocycles. The van der Waals surface area contributed by atoms with E-state index >= 15 is 0 Å². The summed E-state index contributed by atoms with van der Waals surface area (Å²) in [5.74, 6) is -0.896. The van der Waals surface area contributed by atoms with Crippen molar-refractivity contribution in [3.63, 3.8) is 0 Å². The quantitative estimate of drug-likeness (QED) is 0.683. The summed E-state index contributed by atoms with van der Waals surface area (Å²) >= 11 is 0. The maximum atomic E-state index is 12.2. The number of aliphatic carboxylic acids is 1. The Morgan fingerprint density at radius 1 is 1.07 bits per heavy atom. The van der Waals surface area contributed by atoms with Crippen LogP contribution in [0.1, 0.15) is 22.8 Å². The molecule has 0 aliphatic heterocycles. The third-order valence-corrected chi connectivity index (χ3v) is 4.83. The Bertz CT molecular complexity index is 954. The van der Waals surface area contributed by atoms with E-state index in [-0.39, 0.29) is 18.9 Å². The molecule has 1 amide bonds. The van der Waals surface area contributed by atoms with Crippen LogP contribution < -0.4 is 5.32 Å². The van der Waals surface area contributed by atoms with Crippen molar-refractivity contribution in [3.8, 4) is 11.1 Å². The van der Waals surface area contributed by atoms with Crippen LogP contribution in [0.3, 0.4) is 0 Å². The van der Waals surface area contributed by atoms with Crippen LogP contribution in [0, 0.1) is 0 Å². The number of rotatable bonds is 6. The Labute approximate surface area is 160 Å². The number of amides is 1. The van der Waals surface area contributed by atoms with Crippen molar-refractivity contribution in [1.82, 2.24) is 10.5 Å². The fraction of sp³-hybridized carbons (Fsp3) is 0.190. The first-order valence-corrected chi connectivity index (χ1v) is 8.87. The number of benzene rings is 2. The third kappa shape index (κ3) is 3.46. The van der Waals surface area contributed by atoms with E-state index in [1.54, 1.807) is 6.07 Å². The van der Waals surface area contributed by atoms with Gasteiger partial charge in [-0.05, 0) is 22.3 Å². The SMILES string of the molecule is O=C(NC(Cc1ccno1)C(=O)O)OCC1c2ccccc2-c2ccccc21. The minimum Gasteiger partial charge on any atom is -0.480 e. The van der Waals surface area contributed by atoms with E-state index in [0.717, 1.165) is 22.3 Å². The zero-order valence-corrected chi connectivity index (χ0v) is 14.9. The number of carboxylic acid groups (broad SMARTS) is 1. The van der Waals surface area contributed by atoms with Crippen molar-refractivity contribution < 1.29 is 24.0 Å². The highest BCUT2D eigenvalue weighted by molar-refractivity contribution is 5.81. The molecule has 7 heteroatoms. The molecule has 2 N–H and O–H groups in total. The summed E-state index contributed by atoms with van der Waals surface area (Å²) in [6.45, 7) is 0.120. The van der Waals surface area contributed by atoms with Gasteiger partial charge in [0, 0.05) is 18.4 Å². The fourth-order valence-corrected chi connectivity index (χ4v) is 3.53. The number of carbonyl (C=O) groups is 2. The lowest BCUT2D eigenvalue weighted by atomic mass is 9.98. The largest absolute Gasteiger partial charge is 0.480 e. The van der Waals surface area contributed by atoms with Crippen LogP contribution in [0.5, 0.6) is 0 Å². The monoisotopic (exact) mass is 378 g/mol. The van der Waals surface area contributed by atoms with Crippen molar-refractivity contribution >= 4 is 12.1 Å². The molecule has 7 nitrogen and oxygen atoms in total. The first kappa shape index (κ1) is 17.8. The Morgan fingerprint density at radius 2 is 1.71 bits per heavy atom. The lowest BCUT2D eigenvalue weighted by molar-refractivity contribution is -0.139. The van der Waals surface area contributed by atoms with Crippen molar-refractivity contribution in [2.24, 2.45) is 0 Å². The Hall–Kier alpha value is -3.61. The first-order valence-electron chi connectivity index (χ1n) is 8.87. The van der Waals surface area contributed by atoms with Crippen LogP contribution in [0.4, 0.5) is 4.79 Å². The van der Waals surface area contributed by atoms with Crippen LogP contribution in [-0.2, 0) is 16.0 Å². The van der Waals surface area contributed by atoms with Crippen LogP contribution in [0.25, 0.3) is 11.1 Å². The van der Waals surface area contributed by atoms with Gasteiger partial charge in [-0.25, -0.2) is 9.59 Å². The smallest absolute Gasteiger partial charge is 0.407 e. The Kier molecular flexibility index (Phi) is 4.80. The lowest BCUT2D eigenvalue weighted by Crippen LogP contribution is -2.42. The highest BCUT2D eigenvalue weighted by Crippen LogP contribution is 2.44.